The molecule has 0 saturated carbocycles. The highest BCUT2D eigenvalue weighted by molar-refractivity contribution is 6.28. The molecule has 1 amide bonds. The number of carbonyl (C=O) groups excluding carboxylic acids is 1. The fourth-order valence-electron chi connectivity index (χ4n) is 2.27. The van der Waals surface area contributed by atoms with Crippen molar-refractivity contribution in [3.63, 3.8) is 0 Å². The van der Waals surface area contributed by atoms with Crippen LogP contribution in [0.15, 0.2) is 60.8 Å². The largest absolute Gasteiger partial charge is 0.295 e. The Morgan fingerprint density at radius 2 is 1.88 bits per heavy atom. The molecule has 118 valence electrons. The molecule has 3 rings (SSSR count). The number of hydrogen-bond donors (Lipinski definition) is 1. The second kappa shape index (κ2) is 6.99. The van der Waals surface area contributed by atoms with Crippen molar-refractivity contribution in [3.8, 4) is 23.0 Å². The van der Waals surface area contributed by atoms with Crippen LogP contribution >= 0.6 is 11.6 Å². The normalized spacial score (nSPS) is 10.2. The highest BCUT2D eigenvalue weighted by Gasteiger charge is 2.13. The maximum absolute atomic E-state index is 11.7. The third-order valence-electron chi connectivity index (χ3n) is 3.42. The maximum atomic E-state index is 11.7. The summed E-state index contributed by atoms with van der Waals surface area (Å²) in [7, 11) is 0. The van der Waals surface area contributed by atoms with Gasteiger partial charge in [-0.25, -0.2) is 4.98 Å². The fourth-order valence-corrected chi connectivity index (χ4v) is 2.33. The number of nitrogens with zero attached hydrogens (tertiary/aromatic N) is 3. The van der Waals surface area contributed by atoms with Crippen LogP contribution in [0.3, 0.4) is 0 Å². The average molecular weight is 337 g/mol. The molecule has 1 heterocycles. The number of rotatable bonds is 4. The molecule has 6 heteroatoms. The molecule has 0 atom stereocenters. The number of carbonyl (C=O) groups is 1. The van der Waals surface area contributed by atoms with Gasteiger partial charge in [-0.3, -0.25) is 14.7 Å². The van der Waals surface area contributed by atoms with Gasteiger partial charge in [-0.05, 0) is 24.3 Å². The predicted molar refractivity (Wildman–Crippen MR) is 93.1 cm³/mol. The lowest BCUT2D eigenvalue weighted by atomic mass is 10.2. The number of alkyl halides is 1. The third-order valence-corrected chi connectivity index (χ3v) is 3.67. The van der Waals surface area contributed by atoms with Crippen LogP contribution in [0.4, 0.5) is 5.95 Å². The maximum Gasteiger partial charge on any atom is 0.241 e. The van der Waals surface area contributed by atoms with Crippen LogP contribution in [0.5, 0.6) is 0 Å². The molecular formula is C18H13ClN4O. The van der Waals surface area contributed by atoms with Gasteiger partial charge in [-0.1, -0.05) is 30.3 Å². The summed E-state index contributed by atoms with van der Waals surface area (Å²) in [5, 5.41) is 11.6. The Kier molecular flexibility index (Phi) is 4.59. The second-order valence-electron chi connectivity index (χ2n) is 5.03. The zero-order chi connectivity index (χ0) is 16.9. The van der Waals surface area contributed by atoms with Gasteiger partial charge in [0.2, 0.25) is 11.9 Å². The Labute approximate surface area is 144 Å². The molecule has 1 aromatic heterocycles. The van der Waals surface area contributed by atoms with Crippen molar-refractivity contribution in [2.45, 2.75) is 0 Å². The van der Waals surface area contributed by atoms with Gasteiger partial charge in [0.15, 0.2) is 0 Å². The molecular weight excluding hydrogens is 324 g/mol. The van der Waals surface area contributed by atoms with Crippen LogP contribution < -0.4 is 5.32 Å². The second-order valence-corrected chi connectivity index (χ2v) is 5.29. The summed E-state index contributed by atoms with van der Waals surface area (Å²) in [6.07, 6.45) is 1.83. The molecule has 0 aliphatic carbocycles. The van der Waals surface area contributed by atoms with Crippen LogP contribution in [-0.4, -0.2) is 21.3 Å². The van der Waals surface area contributed by atoms with Crippen molar-refractivity contribution in [1.29, 1.82) is 5.26 Å². The Bertz CT molecular complexity index is 895. The van der Waals surface area contributed by atoms with Crippen molar-refractivity contribution in [3.05, 3.63) is 66.4 Å². The van der Waals surface area contributed by atoms with Gasteiger partial charge in [0.1, 0.15) is 5.88 Å². The molecule has 3 aromatic rings. The molecule has 0 aliphatic rings. The Morgan fingerprint density at radius 1 is 1.17 bits per heavy atom. The van der Waals surface area contributed by atoms with Gasteiger partial charge < -0.3 is 0 Å². The molecule has 2 aromatic carbocycles. The van der Waals surface area contributed by atoms with Gasteiger partial charge in [-0.2, -0.15) is 5.26 Å². The number of nitrogens with one attached hydrogen (secondary N) is 1. The van der Waals surface area contributed by atoms with Crippen molar-refractivity contribution in [2.75, 3.05) is 11.2 Å². The van der Waals surface area contributed by atoms with E-state index in [1.807, 2.05) is 36.5 Å². The minimum atomic E-state index is -0.336. The van der Waals surface area contributed by atoms with Gasteiger partial charge in [0.25, 0.3) is 0 Å². The molecule has 1 N–H and O–H groups in total. The molecule has 0 radical (unpaired) electrons. The van der Waals surface area contributed by atoms with E-state index >= 15 is 0 Å². The number of amides is 1. The molecule has 0 saturated heterocycles. The number of imidazole rings is 1. The number of hydrogen-bond acceptors (Lipinski definition) is 3. The van der Waals surface area contributed by atoms with E-state index in [4.69, 9.17) is 16.9 Å². The Hall–Kier alpha value is -3.10. The summed E-state index contributed by atoms with van der Waals surface area (Å²) < 4.78 is 1.76. The van der Waals surface area contributed by atoms with Crippen LogP contribution in [0.1, 0.15) is 5.56 Å². The van der Waals surface area contributed by atoms with E-state index in [-0.39, 0.29) is 11.8 Å². The minimum Gasteiger partial charge on any atom is -0.295 e. The SMILES string of the molecule is N#Cc1ccc(-n2cc(-c3ccccc3)nc2NC(=O)CCl)cc1. The lowest BCUT2D eigenvalue weighted by Gasteiger charge is -2.07. The number of aromatic nitrogens is 2. The fraction of sp³-hybridized carbons (Fsp3) is 0.0556. The molecule has 0 aliphatic heterocycles. The predicted octanol–water partition coefficient (Wildman–Crippen LogP) is 3.59. The van der Waals surface area contributed by atoms with Crippen molar-refractivity contribution in [1.82, 2.24) is 9.55 Å². The number of anilines is 1. The first-order valence-corrected chi connectivity index (χ1v) is 7.76. The first kappa shape index (κ1) is 15.8. The van der Waals surface area contributed by atoms with Crippen LogP contribution in [-0.2, 0) is 4.79 Å². The standard InChI is InChI=1S/C18H13ClN4O/c19-10-17(24)22-18-21-16(14-4-2-1-3-5-14)12-23(18)15-8-6-13(11-20)7-9-15/h1-9,12H,10H2,(H,21,22,24). The highest BCUT2D eigenvalue weighted by atomic mass is 35.5. The summed E-state index contributed by atoms with van der Waals surface area (Å²) in [6.45, 7) is 0. The summed E-state index contributed by atoms with van der Waals surface area (Å²) in [6, 6.07) is 18.8. The lowest BCUT2D eigenvalue weighted by molar-refractivity contribution is -0.114. The Morgan fingerprint density at radius 3 is 2.50 bits per heavy atom. The van der Waals surface area contributed by atoms with Gasteiger partial charge >= 0.3 is 0 Å². The van der Waals surface area contributed by atoms with Crippen LogP contribution in [0, 0.1) is 11.3 Å². The molecule has 0 spiro atoms. The lowest BCUT2D eigenvalue weighted by Crippen LogP contribution is -2.16. The smallest absolute Gasteiger partial charge is 0.241 e. The van der Waals surface area contributed by atoms with Gasteiger partial charge in [-0.15, -0.1) is 11.6 Å². The number of halogens is 1. The van der Waals surface area contributed by atoms with Gasteiger partial charge in [0, 0.05) is 17.4 Å². The first-order chi connectivity index (χ1) is 11.7. The van der Waals surface area contributed by atoms with E-state index in [2.05, 4.69) is 16.4 Å². The van der Waals surface area contributed by atoms with Crippen LogP contribution in [0.25, 0.3) is 16.9 Å². The molecule has 5 nitrogen and oxygen atoms in total. The molecule has 24 heavy (non-hydrogen) atoms. The van der Waals surface area contributed by atoms with E-state index < -0.39 is 0 Å². The van der Waals surface area contributed by atoms with E-state index in [1.165, 1.54) is 0 Å². The number of nitriles is 1. The third kappa shape index (κ3) is 3.29. The average Bonchev–Trinajstić information content (AvgIpc) is 3.06. The van der Waals surface area contributed by atoms with Crippen molar-refractivity contribution >= 4 is 23.5 Å². The molecule has 0 bridgehead atoms. The first-order valence-electron chi connectivity index (χ1n) is 7.22. The van der Waals surface area contributed by atoms with Crippen molar-refractivity contribution in [2.24, 2.45) is 0 Å². The van der Waals surface area contributed by atoms with E-state index in [9.17, 15) is 4.79 Å². The Balaban J connectivity index is 2.06. The summed E-state index contributed by atoms with van der Waals surface area (Å²) >= 11 is 5.58. The minimum absolute atomic E-state index is 0.152. The van der Waals surface area contributed by atoms with E-state index in [0.29, 0.717) is 11.5 Å². The van der Waals surface area contributed by atoms with E-state index in [1.54, 1.807) is 28.8 Å². The molecule has 0 unspecified atom stereocenters. The topological polar surface area (TPSA) is 70.7 Å². The zero-order valence-electron chi connectivity index (χ0n) is 12.6. The number of benzene rings is 2. The zero-order valence-corrected chi connectivity index (χ0v) is 13.4. The summed E-state index contributed by atoms with van der Waals surface area (Å²) in [5.74, 6) is -0.109. The van der Waals surface area contributed by atoms with Crippen LogP contribution in [0.2, 0.25) is 0 Å². The molecule has 0 fully saturated rings. The quantitative estimate of drug-likeness (QED) is 0.740. The van der Waals surface area contributed by atoms with E-state index in [0.717, 1.165) is 16.9 Å². The van der Waals surface area contributed by atoms with Crippen molar-refractivity contribution < 1.29 is 4.79 Å². The summed E-state index contributed by atoms with van der Waals surface area (Å²) in [4.78, 5) is 16.2. The summed E-state index contributed by atoms with van der Waals surface area (Å²) in [5.41, 5.74) is 3.01. The van der Waals surface area contributed by atoms with Gasteiger partial charge in [0.05, 0.1) is 17.3 Å². The highest BCUT2D eigenvalue weighted by Crippen LogP contribution is 2.24. The monoisotopic (exact) mass is 336 g/mol.